The minimum atomic E-state index is -4.59. The lowest BCUT2D eigenvalue weighted by atomic mass is 10.0. The van der Waals surface area contributed by atoms with E-state index in [0.29, 0.717) is 18.0 Å². The van der Waals surface area contributed by atoms with Gasteiger partial charge in [-0.2, -0.15) is 13.2 Å². The first-order valence-electron chi connectivity index (χ1n) is 10.6. The Labute approximate surface area is 194 Å². The maximum absolute atomic E-state index is 13.5. The second-order valence-electron chi connectivity index (χ2n) is 7.39. The molecule has 3 aromatic carbocycles. The van der Waals surface area contributed by atoms with Gasteiger partial charge in [0, 0.05) is 17.3 Å². The van der Waals surface area contributed by atoms with Crippen LogP contribution in [0.1, 0.15) is 28.4 Å². The molecule has 0 saturated heterocycles. The summed E-state index contributed by atoms with van der Waals surface area (Å²) in [5.41, 5.74) is 0.669. The van der Waals surface area contributed by atoms with E-state index < -0.39 is 17.7 Å². The van der Waals surface area contributed by atoms with Gasteiger partial charge >= 0.3 is 12.1 Å². The van der Waals surface area contributed by atoms with Gasteiger partial charge in [0.1, 0.15) is 17.9 Å². The van der Waals surface area contributed by atoms with E-state index in [1.807, 2.05) is 30.3 Å². The second-order valence-corrected chi connectivity index (χ2v) is 7.39. The Morgan fingerprint density at radius 2 is 1.71 bits per heavy atom. The van der Waals surface area contributed by atoms with Gasteiger partial charge in [0.2, 0.25) is 0 Å². The van der Waals surface area contributed by atoms with Crippen molar-refractivity contribution in [2.45, 2.75) is 19.7 Å². The molecular formula is C26H21F3N2O3. The molecule has 0 saturated carbocycles. The van der Waals surface area contributed by atoms with Gasteiger partial charge in [-0.25, -0.2) is 4.79 Å². The number of carbonyl (C=O) groups excluding carboxylic acids is 1. The van der Waals surface area contributed by atoms with E-state index >= 15 is 0 Å². The van der Waals surface area contributed by atoms with Crippen LogP contribution in [0.15, 0.2) is 79.0 Å². The minimum absolute atomic E-state index is 0.0399. The number of para-hydroxylation sites is 1. The van der Waals surface area contributed by atoms with Gasteiger partial charge in [-0.05, 0) is 42.8 Å². The molecule has 1 N–H and O–H groups in total. The molecule has 0 radical (unpaired) electrons. The Hall–Kier alpha value is -4.07. The van der Waals surface area contributed by atoms with E-state index in [1.54, 1.807) is 31.2 Å². The van der Waals surface area contributed by atoms with Gasteiger partial charge < -0.3 is 14.8 Å². The van der Waals surface area contributed by atoms with Gasteiger partial charge in [-0.1, -0.05) is 42.5 Å². The van der Waals surface area contributed by atoms with Crippen molar-refractivity contribution >= 4 is 28.2 Å². The number of aromatic nitrogens is 1. The monoisotopic (exact) mass is 466 g/mol. The fourth-order valence-corrected chi connectivity index (χ4v) is 3.47. The van der Waals surface area contributed by atoms with E-state index in [2.05, 4.69) is 10.3 Å². The summed E-state index contributed by atoms with van der Waals surface area (Å²) in [5.74, 6) is -0.0569. The molecule has 0 unspecified atom stereocenters. The summed E-state index contributed by atoms with van der Waals surface area (Å²) in [6.07, 6.45) is -3.48. The zero-order valence-electron chi connectivity index (χ0n) is 18.2. The second kappa shape index (κ2) is 9.82. The zero-order valence-corrected chi connectivity index (χ0v) is 18.2. The number of esters is 1. The number of hydrogen-bond donors (Lipinski definition) is 1. The van der Waals surface area contributed by atoms with Crippen molar-refractivity contribution in [3.63, 3.8) is 0 Å². The number of anilines is 2. The predicted molar refractivity (Wildman–Crippen MR) is 123 cm³/mol. The third-order valence-corrected chi connectivity index (χ3v) is 5.07. The number of benzene rings is 3. The normalized spacial score (nSPS) is 11.3. The van der Waals surface area contributed by atoms with Crippen LogP contribution in [-0.4, -0.2) is 17.6 Å². The van der Waals surface area contributed by atoms with Crippen LogP contribution in [-0.2, 0) is 17.5 Å². The minimum Gasteiger partial charge on any atom is -0.489 e. The number of alkyl halides is 3. The number of nitrogens with one attached hydrogen (secondary N) is 1. The first-order chi connectivity index (χ1) is 16.4. The molecule has 1 heterocycles. The van der Waals surface area contributed by atoms with Crippen LogP contribution in [0.25, 0.3) is 10.9 Å². The lowest BCUT2D eigenvalue weighted by Gasteiger charge is -2.17. The molecule has 8 heteroatoms. The third kappa shape index (κ3) is 5.11. The number of ether oxygens (including phenoxy) is 2. The van der Waals surface area contributed by atoms with Crippen LogP contribution in [0.3, 0.4) is 0 Å². The molecular weight excluding hydrogens is 445 g/mol. The summed E-state index contributed by atoms with van der Waals surface area (Å²) >= 11 is 0. The largest absolute Gasteiger partial charge is 0.489 e. The Kier molecular flexibility index (Phi) is 6.67. The maximum atomic E-state index is 13.5. The van der Waals surface area contributed by atoms with Crippen LogP contribution in [0.2, 0.25) is 0 Å². The molecule has 0 aliphatic heterocycles. The average Bonchev–Trinajstić information content (AvgIpc) is 2.83. The van der Waals surface area contributed by atoms with E-state index in [9.17, 15) is 18.0 Å². The van der Waals surface area contributed by atoms with Crippen molar-refractivity contribution in [1.82, 2.24) is 4.98 Å². The van der Waals surface area contributed by atoms with E-state index in [0.717, 1.165) is 17.8 Å². The molecule has 174 valence electrons. The molecule has 34 heavy (non-hydrogen) atoms. The van der Waals surface area contributed by atoms with Gasteiger partial charge in [-0.15, -0.1) is 0 Å². The highest BCUT2D eigenvalue weighted by molar-refractivity contribution is 6.06. The standard InChI is InChI=1S/C26H21F3N2O3/c1-2-33-25(32)21-15-30-24-20(9-6-10-22(24)26(27,28)29)23(21)31-18-11-13-19(14-12-18)34-16-17-7-4-3-5-8-17/h3-15H,2,16H2,1H3,(H,30,31). The van der Waals surface area contributed by atoms with Crippen LogP contribution < -0.4 is 10.1 Å². The van der Waals surface area contributed by atoms with Crippen LogP contribution >= 0.6 is 0 Å². The van der Waals surface area contributed by atoms with E-state index in [-0.39, 0.29) is 28.8 Å². The Morgan fingerprint density at radius 1 is 0.971 bits per heavy atom. The van der Waals surface area contributed by atoms with Gasteiger partial charge in [0.05, 0.1) is 23.4 Å². The van der Waals surface area contributed by atoms with Crippen LogP contribution in [0.4, 0.5) is 24.5 Å². The summed E-state index contributed by atoms with van der Waals surface area (Å²) in [6, 6.07) is 20.3. The number of carbonyl (C=O) groups is 1. The Morgan fingerprint density at radius 3 is 2.38 bits per heavy atom. The molecule has 0 aliphatic carbocycles. The van der Waals surface area contributed by atoms with Crippen LogP contribution in [0.5, 0.6) is 5.75 Å². The summed E-state index contributed by atoms with van der Waals surface area (Å²) in [4.78, 5) is 16.5. The zero-order chi connectivity index (χ0) is 24.1. The van der Waals surface area contributed by atoms with E-state index in [4.69, 9.17) is 9.47 Å². The summed E-state index contributed by atoms with van der Waals surface area (Å²) < 4.78 is 51.5. The molecule has 0 atom stereocenters. The van der Waals surface area contributed by atoms with Crippen LogP contribution in [0, 0.1) is 0 Å². The molecule has 5 nitrogen and oxygen atoms in total. The third-order valence-electron chi connectivity index (χ3n) is 5.07. The number of rotatable bonds is 7. The molecule has 4 rings (SSSR count). The highest BCUT2D eigenvalue weighted by Gasteiger charge is 2.34. The van der Waals surface area contributed by atoms with Gasteiger partial charge in [0.15, 0.2) is 0 Å². The topological polar surface area (TPSA) is 60.5 Å². The van der Waals surface area contributed by atoms with Gasteiger partial charge in [-0.3, -0.25) is 4.98 Å². The first kappa shape index (κ1) is 23.1. The smallest absolute Gasteiger partial charge is 0.418 e. The number of halogens is 3. The molecule has 0 aliphatic rings. The number of pyridine rings is 1. The highest BCUT2D eigenvalue weighted by Crippen LogP contribution is 2.38. The number of hydrogen-bond acceptors (Lipinski definition) is 5. The van der Waals surface area contributed by atoms with Gasteiger partial charge in [0.25, 0.3) is 0 Å². The lowest BCUT2D eigenvalue weighted by Crippen LogP contribution is -2.11. The predicted octanol–water partition coefficient (Wildman–Crippen LogP) is 6.75. The maximum Gasteiger partial charge on any atom is 0.418 e. The van der Waals surface area contributed by atoms with Crippen molar-refractivity contribution in [3.8, 4) is 5.75 Å². The summed E-state index contributed by atoms with van der Waals surface area (Å²) in [5, 5.41) is 3.23. The van der Waals surface area contributed by atoms with Crippen molar-refractivity contribution < 1.29 is 27.4 Å². The fourth-order valence-electron chi connectivity index (χ4n) is 3.47. The summed E-state index contributed by atoms with van der Waals surface area (Å²) in [7, 11) is 0. The van der Waals surface area contributed by atoms with Crippen molar-refractivity contribution in [2.24, 2.45) is 0 Å². The highest BCUT2D eigenvalue weighted by atomic mass is 19.4. The summed E-state index contributed by atoms with van der Waals surface area (Å²) in [6.45, 7) is 2.16. The molecule has 1 aromatic heterocycles. The molecule has 0 amide bonds. The molecule has 0 fully saturated rings. The van der Waals surface area contributed by atoms with E-state index in [1.165, 1.54) is 12.1 Å². The first-order valence-corrected chi connectivity index (χ1v) is 10.6. The quantitative estimate of drug-likeness (QED) is 0.305. The number of fused-ring (bicyclic) bond motifs is 1. The number of nitrogens with zero attached hydrogens (tertiary/aromatic N) is 1. The van der Waals surface area contributed by atoms with Crippen molar-refractivity contribution in [1.29, 1.82) is 0 Å². The average molecular weight is 466 g/mol. The Balaban J connectivity index is 1.66. The lowest BCUT2D eigenvalue weighted by molar-refractivity contribution is -0.136. The molecule has 4 aromatic rings. The molecule has 0 spiro atoms. The Bertz CT molecular complexity index is 1290. The SMILES string of the molecule is CCOC(=O)c1cnc2c(C(F)(F)F)cccc2c1Nc1ccc(OCc2ccccc2)cc1. The van der Waals surface area contributed by atoms with Crippen molar-refractivity contribution in [2.75, 3.05) is 11.9 Å². The van der Waals surface area contributed by atoms with Crippen molar-refractivity contribution in [3.05, 3.63) is 95.7 Å². The molecule has 0 bridgehead atoms. The fraction of sp³-hybridized carbons (Fsp3) is 0.154.